The first kappa shape index (κ1) is 22.4. The summed E-state index contributed by atoms with van der Waals surface area (Å²) in [7, 11) is 0. The predicted molar refractivity (Wildman–Crippen MR) is 121 cm³/mol. The Hall–Kier alpha value is -3.32. The SMILES string of the molecule is Cc1ccccc1C(=O)C=c1sc(=Cc2cccc(F)c2)c(=O)n1CC(=O)NC(C)C. The van der Waals surface area contributed by atoms with Gasteiger partial charge in [-0.1, -0.05) is 36.4 Å². The average Bonchev–Trinajstić information content (AvgIpc) is 2.96. The lowest BCUT2D eigenvalue weighted by atomic mass is 10.1. The van der Waals surface area contributed by atoms with Crippen LogP contribution in [0, 0.1) is 12.7 Å². The van der Waals surface area contributed by atoms with Gasteiger partial charge in [-0.2, -0.15) is 0 Å². The zero-order valence-corrected chi connectivity index (χ0v) is 18.3. The maximum Gasteiger partial charge on any atom is 0.269 e. The van der Waals surface area contributed by atoms with E-state index in [1.165, 1.54) is 22.8 Å². The molecule has 0 fully saturated rings. The van der Waals surface area contributed by atoms with Crippen LogP contribution < -0.4 is 20.1 Å². The number of ketones is 1. The van der Waals surface area contributed by atoms with Crippen molar-refractivity contribution in [3.63, 3.8) is 0 Å². The van der Waals surface area contributed by atoms with E-state index >= 15 is 0 Å². The van der Waals surface area contributed by atoms with E-state index in [9.17, 15) is 18.8 Å². The van der Waals surface area contributed by atoms with E-state index in [4.69, 9.17) is 0 Å². The molecule has 0 atom stereocenters. The molecule has 3 rings (SSSR count). The standard InChI is InChI=1S/C24H23FN2O3S/c1-15(2)26-22(29)14-27-23(13-20(28)19-10-5-4-7-16(19)3)31-21(24(27)30)12-17-8-6-9-18(25)11-17/h4-13,15H,14H2,1-3H3,(H,26,29). The highest BCUT2D eigenvalue weighted by atomic mass is 32.1. The van der Waals surface area contributed by atoms with Crippen LogP contribution in [-0.2, 0) is 11.3 Å². The molecule has 5 nitrogen and oxygen atoms in total. The number of carbonyl (C=O) groups is 2. The monoisotopic (exact) mass is 438 g/mol. The summed E-state index contributed by atoms with van der Waals surface area (Å²) in [4.78, 5) is 38.2. The van der Waals surface area contributed by atoms with Gasteiger partial charge < -0.3 is 5.32 Å². The molecule has 31 heavy (non-hydrogen) atoms. The minimum atomic E-state index is -0.413. The van der Waals surface area contributed by atoms with E-state index in [2.05, 4.69) is 5.32 Å². The number of nitrogens with one attached hydrogen (secondary N) is 1. The first-order valence-corrected chi connectivity index (χ1v) is 10.6. The molecule has 0 radical (unpaired) electrons. The average molecular weight is 439 g/mol. The number of amides is 1. The maximum absolute atomic E-state index is 13.5. The van der Waals surface area contributed by atoms with Crippen LogP contribution in [0.3, 0.4) is 0 Å². The zero-order chi connectivity index (χ0) is 22.5. The summed E-state index contributed by atoms with van der Waals surface area (Å²) in [5.74, 6) is -0.997. The molecule has 0 aliphatic rings. The second kappa shape index (κ2) is 9.66. The lowest BCUT2D eigenvalue weighted by Gasteiger charge is -2.08. The largest absolute Gasteiger partial charge is 0.352 e. The van der Waals surface area contributed by atoms with Gasteiger partial charge in [-0.05, 0) is 50.1 Å². The van der Waals surface area contributed by atoms with E-state index in [0.29, 0.717) is 20.3 Å². The first-order chi connectivity index (χ1) is 14.7. The molecule has 1 amide bonds. The third kappa shape index (κ3) is 5.64. The van der Waals surface area contributed by atoms with Gasteiger partial charge in [0, 0.05) is 17.7 Å². The number of rotatable bonds is 6. The Labute approximate surface area is 183 Å². The molecule has 2 aromatic carbocycles. The Balaban J connectivity index is 2.14. The van der Waals surface area contributed by atoms with E-state index in [1.807, 2.05) is 32.9 Å². The highest BCUT2D eigenvalue weighted by Crippen LogP contribution is 2.08. The molecule has 160 valence electrons. The molecule has 0 unspecified atom stereocenters. The fraction of sp³-hybridized carbons (Fsp3) is 0.208. The molecule has 1 heterocycles. The van der Waals surface area contributed by atoms with Crippen molar-refractivity contribution in [3.05, 3.63) is 90.6 Å². The number of nitrogens with zero attached hydrogens (tertiary/aromatic N) is 1. The molecular formula is C24H23FN2O3S. The minimum absolute atomic E-state index is 0.0822. The summed E-state index contributed by atoms with van der Waals surface area (Å²) < 4.78 is 15.5. The summed E-state index contributed by atoms with van der Waals surface area (Å²) in [5.41, 5.74) is 1.46. The van der Waals surface area contributed by atoms with Gasteiger partial charge in [0.2, 0.25) is 5.91 Å². The summed E-state index contributed by atoms with van der Waals surface area (Å²) in [5, 5.41) is 2.75. The van der Waals surface area contributed by atoms with Crippen molar-refractivity contribution >= 4 is 35.2 Å². The number of hydrogen-bond acceptors (Lipinski definition) is 4. The van der Waals surface area contributed by atoms with Gasteiger partial charge in [0.25, 0.3) is 5.56 Å². The molecule has 7 heteroatoms. The van der Waals surface area contributed by atoms with Gasteiger partial charge in [0.1, 0.15) is 17.0 Å². The molecule has 0 aliphatic heterocycles. The molecule has 0 saturated carbocycles. The molecule has 0 spiro atoms. The number of aryl methyl sites for hydroxylation is 1. The van der Waals surface area contributed by atoms with Crippen molar-refractivity contribution in [2.45, 2.75) is 33.4 Å². The first-order valence-electron chi connectivity index (χ1n) is 9.82. The summed E-state index contributed by atoms with van der Waals surface area (Å²) in [6.07, 6.45) is 2.93. The van der Waals surface area contributed by atoms with Crippen LogP contribution in [0.15, 0.2) is 53.3 Å². The lowest BCUT2D eigenvalue weighted by molar-refractivity contribution is -0.122. The van der Waals surface area contributed by atoms with Crippen molar-refractivity contribution < 1.29 is 14.0 Å². The molecule has 0 saturated heterocycles. The smallest absolute Gasteiger partial charge is 0.269 e. The number of carbonyl (C=O) groups excluding carboxylic acids is 2. The van der Waals surface area contributed by atoms with Crippen molar-refractivity contribution in [2.75, 3.05) is 0 Å². The van der Waals surface area contributed by atoms with E-state index < -0.39 is 11.4 Å². The Bertz CT molecular complexity index is 1300. The maximum atomic E-state index is 13.5. The molecule has 0 aliphatic carbocycles. The quantitative estimate of drug-likeness (QED) is 0.601. The third-order valence-corrected chi connectivity index (χ3v) is 5.56. The number of Topliss-reactive ketones (excluding diaryl/α,β-unsaturated/α-hetero) is 1. The summed E-state index contributed by atoms with van der Waals surface area (Å²) in [6, 6.07) is 13.0. The Kier molecular flexibility index (Phi) is 6.97. The predicted octanol–water partition coefficient (Wildman–Crippen LogP) is 2.37. The van der Waals surface area contributed by atoms with Crippen LogP contribution in [-0.4, -0.2) is 22.3 Å². The van der Waals surface area contributed by atoms with Gasteiger partial charge in [-0.3, -0.25) is 19.0 Å². The fourth-order valence-electron chi connectivity index (χ4n) is 3.09. The van der Waals surface area contributed by atoms with Crippen LogP contribution in [0.2, 0.25) is 0 Å². The van der Waals surface area contributed by atoms with Crippen LogP contribution in [0.4, 0.5) is 4.39 Å². The summed E-state index contributed by atoms with van der Waals surface area (Å²) >= 11 is 1.09. The highest BCUT2D eigenvalue weighted by Gasteiger charge is 2.13. The van der Waals surface area contributed by atoms with E-state index in [0.717, 1.165) is 16.9 Å². The minimum Gasteiger partial charge on any atom is -0.352 e. The van der Waals surface area contributed by atoms with Gasteiger partial charge >= 0.3 is 0 Å². The van der Waals surface area contributed by atoms with E-state index in [1.54, 1.807) is 30.3 Å². The number of benzene rings is 2. The van der Waals surface area contributed by atoms with Crippen LogP contribution in [0.25, 0.3) is 12.2 Å². The van der Waals surface area contributed by atoms with Gasteiger partial charge in [-0.15, -0.1) is 11.3 Å². The van der Waals surface area contributed by atoms with Gasteiger partial charge in [-0.25, -0.2) is 4.39 Å². The Morgan fingerprint density at radius 3 is 2.58 bits per heavy atom. The molecule has 0 bridgehead atoms. The number of aromatic nitrogens is 1. The van der Waals surface area contributed by atoms with Gasteiger partial charge in [0.05, 0.1) is 4.53 Å². The zero-order valence-electron chi connectivity index (χ0n) is 17.5. The molecule has 3 aromatic rings. The highest BCUT2D eigenvalue weighted by molar-refractivity contribution is 7.07. The normalized spacial score (nSPS) is 12.4. The van der Waals surface area contributed by atoms with Crippen LogP contribution in [0.1, 0.15) is 35.3 Å². The molecular weight excluding hydrogens is 415 g/mol. The Morgan fingerprint density at radius 1 is 1.16 bits per heavy atom. The van der Waals surface area contributed by atoms with Crippen molar-refractivity contribution in [3.8, 4) is 0 Å². The summed E-state index contributed by atoms with van der Waals surface area (Å²) in [6.45, 7) is 5.28. The number of thiazole rings is 1. The molecule has 1 aromatic heterocycles. The van der Waals surface area contributed by atoms with Crippen LogP contribution in [0.5, 0.6) is 0 Å². The lowest BCUT2D eigenvalue weighted by Crippen LogP contribution is -2.40. The topological polar surface area (TPSA) is 68.2 Å². The van der Waals surface area contributed by atoms with Crippen LogP contribution >= 0.6 is 11.3 Å². The number of hydrogen-bond donors (Lipinski definition) is 1. The second-order valence-corrected chi connectivity index (χ2v) is 8.50. The van der Waals surface area contributed by atoms with Crippen molar-refractivity contribution in [1.29, 1.82) is 0 Å². The van der Waals surface area contributed by atoms with E-state index in [-0.39, 0.29) is 24.3 Å². The second-order valence-electron chi connectivity index (χ2n) is 7.44. The van der Waals surface area contributed by atoms with Crippen molar-refractivity contribution in [1.82, 2.24) is 9.88 Å². The Morgan fingerprint density at radius 2 is 1.90 bits per heavy atom. The number of halogens is 1. The fourth-order valence-corrected chi connectivity index (χ4v) is 4.13. The molecule has 1 N–H and O–H groups in total. The van der Waals surface area contributed by atoms with Gasteiger partial charge in [0.15, 0.2) is 5.78 Å². The van der Waals surface area contributed by atoms with Crippen molar-refractivity contribution in [2.24, 2.45) is 0 Å². The third-order valence-electron chi connectivity index (χ3n) is 4.50.